The van der Waals surface area contributed by atoms with E-state index in [4.69, 9.17) is 0 Å². The maximum absolute atomic E-state index is 12.1. The highest BCUT2D eigenvalue weighted by Gasteiger charge is 2.50. The standard InChI is InChI=1S/C17H22N2O/c1-19-15(20)10-12-11-17(6-8-18-9-7-17)14-5-3-2-4-13(14)16(12)19/h2-5,12,16,18H,6-11H2,1H3. The largest absolute Gasteiger partial charge is 0.338 e. The van der Waals surface area contributed by atoms with Crippen LogP contribution in [0.4, 0.5) is 0 Å². The van der Waals surface area contributed by atoms with Gasteiger partial charge in [-0.05, 0) is 54.8 Å². The van der Waals surface area contributed by atoms with E-state index in [1.54, 1.807) is 0 Å². The first-order valence-corrected chi connectivity index (χ1v) is 7.77. The van der Waals surface area contributed by atoms with Crippen LogP contribution in [0.1, 0.15) is 42.9 Å². The molecule has 0 bridgehead atoms. The molecule has 2 fully saturated rings. The summed E-state index contributed by atoms with van der Waals surface area (Å²) < 4.78 is 0. The summed E-state index contributed by atoms with van der Waals surface area (Å²) in [5.41, 5.74) is 3.25. The maximum atomic E-state index is 12.1. The van der Waals surface area contributed by atoms with Gasteiger partial charge in [0.2, 0.25) is 5.91 Å². The van der Waals surface area contributed by atoms with Crippen molar-refractivity contribution in [3.05, 3.63) is 35.4 Å². The Morgan fingerprint density at radius 3 is 2.80 bits per heavy atom. The summed E-state index contributed by atoms with van der Waals surface area (Å²) in [7, 11) is 1.98. The number of hydrogen-bond donors (Lipinski definition) is 1. The van der Waals surface area contributed by atoms with E-state index in [-0.39, 0.29) is 0 Å². The highest BCUT2D eigenvalue weighted by molar-refractivity contribution is 5.80. The van der Waals surface area contributed by atoms with Crippen molar-refractivity contribution in [1.29, 1.82) is 0 Å². The average Bonchev–Trinajstić information content (AvgIpc) is 2.75. The molecule has 1 spiro atoms. The molecule has 1 aromatic rings. The zero-order chi connectivity index (χ0) is 13.7. The van der Waals surface area contributed by atoms with Gasteiger partial charge in [-0.25, -0.2) is 0 Å². The van der Waals surface area contributed by atoms with Gasteiger partial charge in [-0.1, -0.05) is 24.3 Å². The van der Waals surface area contributed by atoms with Crippen LogP contribution in [0.5, 0.6) is 0 Å². The molecular formula is C17H22N2O. The molecule has 1 amide bonds. The molecular weight excluding hydrogens is 248 g/mol. The van der Waals surface area contributed by atoms with E-state index in [0.717, 1.165) is 19.5 Å². The second-order valence-electron chi connectivity index (χ2n) is 6.74. The fraction of sp³-hybridized carbons (Fsp3) is 0.588. The van der Waals surface area contributed by atoms with E-state index in [9.17, 15) is 4.79 Å². The second kappa shape index (κ2) is 4.32. The zero-order valence-electron chi connectivity index (χ0n) is 12.1. The lowest BCUT2D eigenvalue weighted by molar-refractivity contribution is -0.127. The number of likely N-dealkylation sites (tertiary alicyclic amines) is 1. The van der Waals surface area contributed by atoms with Crippen molar-refractivity contribution < 1.29 is 4.79 Å². The van der Waals surface area contributed by atoms with E-state index in [1.165, 1.54) is 30.4 Å². The van der Waals surface area contributed by atoms with Gasteiger partial charge in [0.15, 0.2) is 0 Å². The number of nitrogens with zero attached hydrogens (tertiary/aromatic N) is 1. The lowest BCUT2D eigenvalue weighted by atomic mass is 9.60. The number of nitrogens with one attached hydrogen (secondary N) is 1. The van der Waals surface area contributed by atoms with Crippen molar-refractivity contribution in [3.63, 3.8) is 0 Å². The van der Waals surface area contributed by atoms with E-state index in [1.807, 2.05) is 11.9 Å². The van der Waals surface area contributed by atoms with Gasteiger partial charge in [0.05, 0.1) is 6.04 Å². The summed E-state index contributed by atoms with van der Waals surface area (Å²) in [5.74, 6) is 0.835. The molecule has 3 nitrogen and oxygen atoms in total. The van der Waals surface area contributed by atoms with E-state index in [2.05, 4.69) is 29.6 Å². The Balaban J connectivity index is 1.85. The maximum Gasteiger partial charge on any atom is 0.223 e. The quantitative estimate of drug-likeness (QED) is 0.784. The molecule has 0 aromatic heterocycles. The molecule has 2 atom stereocenters. The highest BCUT2D eigenvalue weighted by Crippen LogP contribution is 2.54. The number of carbonyl (C=O) groups is 1. The van der Waals surface area contributed by atoms with Crippen molar-refractivity contribution in [2.75, 3.05) is 20.1 Å². The van der Waals surface area contributed by atoms with Gasteiger partial charge in [0.25, 0.3) is 0 Å². The molecule has 20 heavy (non-hydrogen) atoms. The summed E-state index contributed by atoms with van der Waals surface area (Å²) in [5, 5.41) is 3.49. The molecule has 1 aliphatic carbocycles. The fourth-order valence-corrected chi connectivity index (χ4v) is 4.83. The van der Waals surface area contributed by atoms with Gasteiger partial charge >= 0.3 is 0 Å². The molecule has 4 rings (SSSR count). The van der Waals surface area contributed by atoms with Gasteiger partial charge in [-0.3, -0.25) is 4.79 Å². The number of benzene rings is 1. The van der Waals surface area contributed by atoms with Gasteiger partial charge < -0.3 is 10.2 Å². The highest BCUT2D eigenvalue weighted by atomic mass is 16.2. The van der Waals surface area contributed by atoms with E-state index < -0.39 is 0 Å². The van der Waals surface area contributed by atoms with Gasteiger partial charge in [-0.15, -0.1) is 0 Å². The third kappa shape index (κ3) is 1.59. The van der Waals surface area contributed by atoms with Crippen molar-refractivity contribution >= 4 is 5.91 Å². The summed E-state index contributed by atoms with van der Waals surface area (Å²) in [6.45, 7) is 2.21. The van der Waals surface area contributed by atoms with Crippen LogP contribution in [0.15, 0.2) is 24.3 Å². The lowest BCUT2D eigenvalue weighted by Gasteiger charge is -2.47. The SMILES string of the molecule is CN1C(=O)CC2CC3(CCNCC3)c3ccccc3C21. The molecule has 1 aromatic carbocycles. The summed E-state index contributed by atoms with van der Waals surface area (Å²) in [4.78, 5) is 14.1. The first-order chi connectivity index (χ1) is 9.71. The molecule has 106 valence electrons. The number of amides is 1. The monoisotopic (exact) mass is 270 g/mol. The Morgan fingerprint density at radius 2 is 2.00 bits per heavy atom. The lowest BCUT2D eigenvalue weighted by Crippen LogP contribution is -2.45. The van der Waals surface area contributed by atoms with Crippen LogP contribution in [0.25, 0.3) is 0 Å². The Kier molecular flexibility index (Phi) is 2.68. The van der Waals surface area contributed by atoms with Crippen molar-refractivity contribution in [2.24, 2.45) is 5.92 Å². The molecule has 2 aliphatic heterocycles. The Hall–Kier alpha value is -1.35. The first-order valence-electron chi connectivity index (χ1n) is 7.77. The third-order valence-corrected chi connectivity index (χ3v) is 5.76. The van der Waals surface area contributed by atoms with Crippen molar-refractivity contribution in [2.45, 2.75) is 37.1 Å². The summed E-state index contributed by atoms with van der Waals surface area (Å²) >= 11 is 0. The Bertz CT molecular complexity index is 548. The zero-order valence-corrected chi connectivity index (χ0v) is 12.1. The van der Waals surface area contributed by atoms with Crippen LogP contribution in [-0.2, 0) is 10.2 Å². The molecule has 2 unspecified atom stereocenters. The van der Waals surface area contributed by atoms with E-state index >= 15 is 0 Å². The molecule has 3 aliphatic rings. The molecule has 0 saturated carbocycles. The molecule has 2 saturated heterocycles. The fourth-order valence-electron chi connectivity index (χ4n) is 4.83. The van der Waals surface area contributed by atoms with Gasteiger partial charge in [0.1, 0.15) is 0 Å². The summed E-state index contributed by atoms with van der Waals surface area (Å²) in [6.07, 6.45) is 4.35. The number of hydrogen-bond acceptors (Lipinski definition) is 2. The molecule has 2 heterocycles. The van der Waals surface area contributed by atoms with Crippen molar-refractivity contribution in [3.8, 4) is 0 Å². The smallest absolute Gasteiger partial charge is 0.223 e. The summed E-state index contributed by atoms with van der Waals surface area (Å²) in [6, 6.07) is 9.18. The number of fused-ring (bicyclic) bond motifs is 4. The van der Waals surface area contributed by atoms with Crippen LogP contribution < -0.4 is 5.32 Å². The van der Waals surface area contributed by atoms with Crippen LogP contribution in [-0.4, -0.2) is 30.9 Å². The van der Waals surface area contributed by atoms with Crippen LogP contribution in [0.3, 0.4) is 0 Å². The number of rotatable bonds is 0. The predicted octanol–water partition coefficient (Wildman–Crippen LogP) is 2.23. The Morgan fingerprint density at radius 1 is 1.25 bits per heavy atom. The predicted molar refractivity (Wildman–Crippen MR) is 78.5 cm³/mol. The average molecular weight is 270 g/mol. The van der Waals surface area contributed by atoms with Crippen LogP contribution in [0, 0.1) is 5.92 Å². The third-order valence-electron chi connectivity index (χ3n) is 5.76. The van der Waals surface area contributed by atoms with Gasteiger partial charge in [0, 0.05) is 13.5 Å². The molecule has 3 heteroatoms. The number of piperidine rings is 1. The van der Waals surface area contributed by atoms with Crippen molar-refractivity contribution in [1.82, 2.24) is 10.2 Å². The second-order valence-corrected chi connectivity index (χ2v) is 6.74. The molecule has 1 N–H and O–H groups in total. The topological polar surface area (TPSA) is 32.3 Å². The minimum atomic E-state index is 0.314. The van der Waals surface area contributed by atoms with Gasteiger partial charge in [-0.2, -0.15) is 0 Å². The minimum Gasteiger partial charge on any atom is -0.338 e. The van der Waals surface area contributed by atoms with E-state index in [0.29, 0.717) is 23.3 Å². The van der Waals surface area contributed by atoms with Crippen LogP contribution >= 0.6 is 0 Å². The first kappa shape index (κ1) is 12.4. The number of carbonyl (C=O) groups excluding carboxylic acids is 1. The normalized spacial score (nSPS) is 31.2. The minimum absolute atomic E-state index is 0.314. The molecule has 0 radical (unpaired) electrons. The Labute approximate surface area is 120 Å². The van der Waals surface area contributed by atoms with Crippen LogP contribution in [0.2, 0.25) is 0 Å².